The fraction of sp³-hybridized carbons (Fsp3) is 0.692. The standard InChI is InChI=1S/C13H23NO3S/c1-4-5-13(15)12-6-7-14(10-12)8-9-18(16,17)11(2)3/h6-7,10-11,13,15H,4-5,8-9H2,1-3H3. The lowest BCUT2D eigenvalue weighted by atomic mass is 10.1. The molecule has 1 N–H and O–H groups in total. The summed E-state index contributed by atoms with van der Waals surface area (Å²) in [6.45, 7) is 5.86. The van der Waals surface area contributed by atoms with E-state index < -0.39 is 15.9 Å². The average molecular weight is 273 g/mol. The number of aryl methyl sites for hydroxylation is 1. The molecule has 1 rings (SSSR count). The van der Waals surface area contributed by atoms with E-state index >= 15 is 0 Å². The molecular weight excluding hydrogens is 250 g/mol. The molecule has 0 aliphatic heterocycles. The zero-order chi connectivity index (χ0) is 13.8. The van der Waals surface area contributed by atoms with E-state index in [9.17, 15) is 13.5 Å². The maximum atomic E-state index is 11.7. The smallest absolute Gasteiger partial charge is 0.154 e. The third kappa shape index (κ3) is 4.14. The zero-order valence-corrected chi connectivity index (χ0v) is 12.2. The first-order chi connectivity index (χ1) is 8.36. The number of hydrogen-bond donors (Lipinski definition) is 1. The SMILES string of the molecule is CCCC(O)c1ccn(CCS(=O)(=O)C(C)C)c1. The highest BCUT2D eigenvalue weighted by Gasteiger charge is 2.16. The lowest BCUT2D eigenvalue weighted by molar-refractivity contribution is 0.166. The van der Waals surface area contributed by atoms with Crippen molar-refractivity contribution in [3.05, 3.63) is 24.0 Å². The van der Waals surface area contributed by atoms with Crippen LogP contribution in [0.5, 0.6) is 0 Å². The van der Waals surface area contributed by atoms with Crippen LogP contribution in [-0.2, 0) is 16.4 Å². The first-order valence-corrected chi connectivity index (χ1v) is 8.13. The third-order valence-corrected chi connectivity index (χ3v) is 5.26. The molecule has 0 saturated carbocycles. The Labute approximate surface area is 110 Å². The zero-order valence-electron chi connectivity index (χ0n) is 11.3. The first-order valence-electron chi connectivity index (χ1n) is 6.42. The van der Waals surface area contributed by atoms with Crippen molar-refractivity contribution in [3.8, 4) is 0 Å². The van der Waals surface area contributed by atoms with Gasteiger partial charge >= 0.3 is 0 Å². The maximum absolute atomic E-state index is 11.7. The molecule has 1 unspecified atom stereocenters. The molecule has 0 aliphatic carbocycles. The van der Waals surface area contributed by atoms with Gasteiger partial charge in [0.25, 0.3) is 0 Å². The summed E-state index contributed by atoms with van der Waals surface area (Å²) in [6.07, 6.45) is 4.86. The Kier molecular flexibility index (Phi) is 5.41. The van der Waals surface area contributed by atoms with Gasteiger partial charge in [-0.05, 0) is 31.9 Å². The Balaban J connectivity index is 2.60. The highest BCUT2D eigenvalue weighted by Crippen LogP contribution is 2.18. The van der Waals surface area contributed by atoms with E-state index in [1.807, 2.05) is 30.0 Å². The number of rotatable bonds is 7. The highest BCUT2D eigenvalue weighted by molar-refractivity contribution is 7.91. The van der Waals surface area contributed by atoms with Crippen LogP contribution < -0.4 is 0 Å². The first kappa shape index (κ1) is 15.2. The molecular formula is C13H23NO3S. The molecule has 0 aromatic carbocycles. The van der Waals surface area contributed by atoms with Crippen LogP contribution >= 0.6 is 0 Å². The Bertz CT molecular complexity index is 462. The van der Waals surface area contributed by atoms with E-state index in [2.05, 4.69) is 0 Å². The molecule has 5 heteroatoms. The molecule has 1 aromatic rings. The lowest BCUT2D eigenvalue weighted by Gasteiger charge is -2.09. The normalized spacial score (nSPS) is 14.1. The van der Waals surface area contributed by atoms with Crippen molar-refractivity contribution in [3.63, 3.8) is 0 Å². The second-order valence-corrected chi connectivity index (χ2v) is 7.58. The van der Waals surface area contributed by atoms with Crippen molar-refractivity contribution in [1.82, 2.24) is 4.57 Å². The van der Waals surface area contributed by atoms with Gasteiger partial charge in [-0.2, -0.15) is 0 Å². The lowest BCUT2D eigenvalue weighted by Crippen LogP contribution is -2.20. The van der Waals surface area contributed by atoms with Crippen molar-refractivity contribution >= 4 is 9.84 Å². The largest absolute Gasteiger partial charge is 0.388 e. The summed E-state index contributed by atoms with van der Waals surface area (Å²) in [5.74, 6) is 0.142. The minimum atomic E-state index is -3.00. The van der Waals surface area contributed by atoms with Crippen molar-refractivity contribution in [2.75, 3.05) is 5.75 Å². The third-order valence-electron chi connectivity index (χ3n) is 3.07. The molecule has 0 spiro atoms. The summed E-state index contributed by atoms with van der Waals surface area (Å²) in [5.41, 5.74) is 0.860. The van der Waals surface area contributed by atoms with Gasteiger partial charge in [0.1, 0.15) is 0 Å². The molecule has 0 radical (unpaired) electrons. The van der Waals surface area contributed by atoms with Crippen molar-refractivity contribution in [2.24, 2.45) is 0 Å². The topological polar surface area (TPSA) is 59.3 Å². The molecule has 0 bridgehead atoms. The molecule has 18 heavy (non-hydrogen) atoms. The van der Waals surface area contributed by atoms with Gasteiger partial charge in [-0.1, -0.05) is 13.3 Å². The van der Waals surface area contributed by atoms with E-state index in [4.69, 9.17) is 0 Å². The Hall–Kier alpha value is -0.810. The van der Waals surface area contributed by atoms with Crippen LogP contribution in [0.2, 0.25) is 0 Å². The van der Waals surface area contributed by atoms with Crippen LogP contribution in [0.3, 0.4) is 0 Å². The van der Waals surface area contributed by atoms with Crippen LogP contribution in [0, 0.1) is 0 Å². The summed E-state index contributed by atoms with van der Waals surface area (Å²) in [4.78, 5) is 0. The number of aliphatic hydroxyl groups is 1. The molecule has 0 amide bonds. The van der Waals surface area contributed by atoms with Crippen LogP contribution in [0.1, 0.15) is 45.3 Å². The van der Waals surface area contributed by atoms with Gasteiger partial charge in [-0.25, -0.2) is 8.42 Å². The summed E-state index contributed by atoms with van der Waals surface area (Å²) < 4.78 is 25.2. The van der Waals surface area contributed by atoms with E-state index in [1.54, 1.807) is 13.8 Å². The predicted octanol–water partition coefficient (Wildman–Crippen LogP) is 2.14. The number of aliphatic hydroxyl groups excluding tert-OH is 1. The van der Waals surface area contributed by atoms with Gasteiger partial charge < -0.3 is 9.67 Å². The monoisotopic (exact) mass is 273 g/mol. The molecule has 4 nitrogen and oxygen atoms in total. The number of nitrogens with zero attached hydrogens (tertiary/aromatic N) is 1. The van der Waals surface area contributed by atoms with Crippen LogP contribution in [0.25, 0.3) is 0 Å². The van der Waals surface area contributed by atoms with Crippen LogP contribution in [0.15, 0.2) is 18.5 Å². The average Bonchev–Trinajstić information content (AvgIpc) is 2.75. The highest BCUT2D eigenvalue weighted by atomic mass is 32.2. The molecule has 1 aromatic heterocycles. The van der Waals surface area contributed by atoms with E-state index in [0.717, 1.165) is 18.4 Å². The van der Waals surface area contributed by atoms with Crippen molar-refractivity contribution < 1.29 is 13.5 Å². The minimum Gasteiger partial charge on any atom is -0.388 e. The summed E-state index contributed by atoms with van der Waals surface area (Å²) in [5, 5.41) is 9.48. The quantitative estimate of drug-likeness (QED) is 0.828. The minimum absolute atomic E-state index is 0.142. The maximum Gasteiger partial charge on any atom is 0.154 e. The Morgan fingerprint density at radius 1 is 1.39 bits per heavy atom. The molecule has 1 atom stereocenters. The van der Waals surface area contributed by atoms with Gasteiger partial charge in [0.05, 0.1) is 17.1 Å². The van der Waals surface area contributed by atoms with Crippen molar-refractivity contribution in [1.29, 1.82) is 0 Å². The summed E-state index contributed by atoms with van der Waals surface area (Å²) in [6, 6.07) is 1.85. The van der Waals surface area contributed by atoms with Crippen LogP contribution in [0.4, 0.5) is 0 Å². The molecule has 0 fully saturated rings. The second-order valence-electron chi connectivity index (χ2n) is 4.90. The van der Waals surface area contributed by atoms with E-state index in [1.165, 1.54) is 0 Å². The molecule has 0 aliphatic rings. The fourth-order valence-corrected chi connectivity index (χ4v) is 2.64. The van der Waals surface area contributed by atoms with Crippen LogP contribution in [-0.4, -0.2) is 29.1 Å². The van der Waals surface area contributed by atoms with E-state index in [0.29, 0.717) is 6.54 Å². The van der Waals surface area contributed by atoms with E-state index in [-0.39, 0.29) is 11.0 Å². The van der Waals surface area contributed by atoms with Gasteiger partial charge in [0.15, 0.2) is 9.84 Å². The van der Waals surface area contributed by atoms with Gasteiger partial charge in [0, 0.05) is 18.9 Å². The predicted molar refractivity (Wildman–Crippen MR) is 73.2 cm³/mol. The molecule has 104 valence electrons. The number of sulfone groups is 1. The summed E-state index contributed by atoms with van der Waals surface area (Å²) in [7, 11) is -3.00. The Morgan fingerprint density at radius 2 is 2.06 bits per heavy atom. The van der Waals surface area contributed by atoms with Gasteiger partial charge in [0.2, 0.25) is 0 Å². The molecule has 1 heterocycles. The number of hydrogen-bond acceptors (Lipinski definition) is 3. The number of aromatic nitrogens is 1. The fourth-order valence-electron chi connectivity index (χ4n) is 1.70. The van der Waals surface area contributed by atoms with Gasteiger partial charge in [-0.3, -0.25) is 0 Å². The second kappa shape index (κ2) is 6.38. The summed E-state index contributed by atoms with van der Waals surface area (Å²) >= 11 is 0. The molecule has 0 saturated heterocycles. The van der Waals surface area contributed by atoms with Crippen molar-refractivity contribution in [2.45, 2.75) is 51.5 Å². The van der Waals surface area contributed by atoms with Gasteiger partial charge in [-0.15, -0.1) is 0 Å². The Morgan fingerprint density at radius 3 is 2.61 bits per heavy atom.